The number of hydrogen-bond acceptors (Lipinski definition) is 8. The molecule has 0 radical (unpaired) electrons. The molecule has 9 heteroatoms. The first-order valence-electron chi connectivity index (χ1n) is 11.2. The molecule has 0 unspecified atom stereocenters. The molecule has 0 aromatic heterocycles. The van der Waals surface area contributed by atoms with Crippen LogP contribution in [0.15, 0.2) is 47.2 Å². The van der Waals surface area contributed by atoms with Gasteiger partial charge in [-0.05, 0) is 54.8 Å². The largest absolute Gasteiger partial charge is 0.493 e. The van der Waals surface area contributed by atoms with Gasteiger partial charge in [-0.1, -0.05) is 6.07 Å². The lowest BCUT2D eigenvalue weighted by Crippen LogP contribution is -2.27. The maximum absolute atomic E-state index is 13.5. The molecule has 0 saturated heterocycles. The van der Waals surface area contributed by atoms with Gasteiger partial charge in [0.2, 0.25) is 5.75 Å². The highest BCUT2D eigenvalue weighted by Crippen LogP contribution is 2.40. The van der Waals surface area contributed by atoms with Crippen molar-refractivity contribution >= 4 is 18.0 Å². The summed E-state index contributed by atoms with van der Waals surface area (Å²) < 4.78 is 31.9. The first-order valence-corrected chi connectivity index (χ1v) is 11.2. The Morgan fingerprint density at radius 2 is 1.44 bits per heavy atom. The maximum atomic E-state index is 13.5. The number of hydrogen-bond donors (Lipinski definition) is 0. The van der Waals surface area contributed by atoms with Crippen LogP contribution in [-0.2, 0) is 20.7 Å². The lowest BCUT2D eigenvalue weighted by Gasteiger charge is -2.18. The van der Waals surface area contributed by atoms with Crippen molar-refractivity contribution < 1.29 is 38.0 Å². The molecule has 0 N–H and O–H groups in total. The molecular weight excluding hydrogens is 466 g/mol. The minimum absolute atomic E-state index is 0.212. The Hall–Kier alpha value is -4.14. The summed E-state index contributed by atoms with van der Waals surface area (Å²) in [6, 6.07) is 9.01. The summed E-state index contributed by atoms with van der Waals surface area (Å²) in [6.07, 6.45) is 2.16. The number of carbonyl (C=O) groups is 2. The molecule has 36 heavy (non-hydrogen) atoms. The molecule has 0 fully saturated rings. The van der Waals surface area contributed by atoms with E-state index in [1.807, 2.05) is 18.2 Å². The number of methoxy groups -OCH3 is 6. The summed E-state index contributed by atoms with van der Waals surface area (Å²) in [5, 5.41) is 0. The Kier molecular flexibility index (Phi) is 8.47. The molecule has 3 rings (SSSR count). The third-order valence-electron chi connectivity index (χ3n) is 5.97. The molecule has 0 aliphatic carbocycles. The van der Waals surface area contributed by atoms with Crippen LogP contribution in [0.2, 0.25) is 0 Å². The summed E-state index contributed by atoms with van der Waals surface area (Å²) in [5.41, 5.74) is 2.51. The summed E-state index contributed by atoms with van der Waals surface area (Å²) in [4.78, 5) is 27.8. The van der Waals surface area contributed by atoms with Gasteiger partial charge < -0.3 is 33.3 Å². The SMILES string of the molecule is COC(=O)C1=C(C)N(CCc2ccc(OC)c(OC)c2)C(=O)/C1=C\c1cc(OC)c(OC)c(OC)c1. The molecule has 1 aliphatic heterocycles. The van der Waals surface area contributed by atoms with Gasteiger partial charge in [0.15, 0.2) is 23.0 Å². The zero-order valence-corrected chi connectivity index (χ0v) is 21.6. The van der Waals surface area contributed by atoms with E-state index in [1.165, 1.54) is 28.4 Å². The third kappa shape index (κ3) is 5.10. The van der Waals surface area contributed by atoms with Gasteiger partial charge in [-0.2, -0.15) is 0 Å². The smallest absolute Gasteiger partial charge is 0.340 e. The van der Waals surface area contributed by atoms with Crippen LogP contribution in [0.5, 0.6) is 28.7 Å². The number of rotatable bonds is 10. The normalized spacial score (nSPS) is 14.2. The Labute approximate surface area is 210 Å². The molecule has 2 aromatic carbocycles. The van der Waals surface area contributed by atoms with E-state index >= 15 is 0 Å². The van der Waals surface area contributed by atoms with Crippen LogP contribution in [0, 0.1) is 0 Å². The summed E-state index contributed by atoms with van der Waals surface area (Å²) in [6.45, 7) is 2.09. The molecule has 2 aromatic rings. The van der Waals surface area contributed by atoms with Crippen molar-refractivity contribution in [2.75, 3.05) is 49.2 Å². The molecule has 0 atom stereocenters. The molecule has 0 spiro atoms. The lowest BCUT2D eigenvalue weighted by molar-refractivity contribution is -0.136. The highest BCUT2D eigenvalue weighted by molar-refractivity contribution is 6.16. The van der Waals surface area contributed by atoms with E-state index in [4.69, 9.17) is 28.4 Å². The minimum atomic E-state index is -0.590. The Balaban J connectivity index is 1.98. The summed E-state index contributed by atoms with van der Waals surface area (Å²) in [5.74, 6) is 1.62. The molecule has 192 valence electrons. The molecule has 1 heterocycles. The second-order valence-corrected chi connectivity index (χ2v) is 7.86. The van der Waals surface area contributed by atoms with Gasteiger partial charge in [0.05, 0.1) is 53.8 Å². The Morgan fingerprint density at radius 1 is 0.833 bits per heavy atom. The van der Waals surface area contributed by atoms with Crippen molar-refractivity contribution in [2.24, 2.45) is 0 Å². The number of nitrogens with zero attached hydrogens (tertiary/aromatic N) is 1. The molecule has 0 bridgehead atoms. The quantitative estimate of drug-likeness (QED) is 0.363. The van der Waals surface area contributed by atoms with Crippen LogP contribution < -0.4 is 23.7 Å². The first kappa shape index (κ1) is 26.5. The number of esters is 1. The van der Waals surface area contributed by atoms with Crippen LogP contribution in [0.4, 0.5) is 0 Å². The van der Waals surface area contributed by atoms with Gasteiger partial charge in [-0.3, -0.25) is 4.79 Å². The van der Waals surface area contributed by atoms with Gasteiger partial charge in [-0.15, -0.1) is 0 Å². The van der Waals surface area contributed by atoms with Gasteiger partial charge in [0.1, 0.15) is 0 Å². The monoisotopic (exact) mass is 497 g/mol. The van der Waals surface area contributed by atoms with Gasteiger partial charge in [-0.25, -0.2) is 4.79 Å². The Morgan fingerprint density at radius 3 is 1.97 bits per heavy atom. The first-order chi connectivity index (χ1) is 17.3. The van der Waals surface area contributed by atoms with E-state index in [-0.39, 0.29) is 17.1 Å². The number of carbonyl (C=O) groups excluding carboxylic acids is 2. The average Bonchev–Trinajstić information content (AvgIpc) is 3.14. The van der Waals surface area contributed by atoms with Crippen LogP contribution in [-0.4, -0.2) is 66.0 Å². The van der Waals surface area contributed by atoms with E-state index in [9.17, 15) is 9.59 Å². The number of allylic oxidation sites excluding steroid dienone is 1. The number of amides is 1. The van der Waals surface area contributed by atoms with E-state index in [1.54, 1.807) is 44.3 Å². The highest BCUT2D eigenvalue weighted by Gasteiger charge is 2.37. The van der Waals surface area contributed by atoms with E-state index in [0.29, 0.717) is 53.0 Å². The second kappa shape index (κ2) is 11.5. The van der Waals surface area contributed by atoms with E-state index in [0.717, 1.165) is 5.56 Å². The summed E-state index contributed by atoms with van der Waals surface area (Å²) in [7, 11) is 8.96. The number of benzene rings is 2. The van der Waals surface area contributed by atoms with Crippen molar-refractivity contribution in [1.29, 1.82) is 0 Å². The van der Waals surface area contributed by atoms with Crippen molar-refractivity contribution in [3.63, 3.8) is 0 Å². The molecular formula is C27H31NO8. The molecule has 0 saturated carbocycles. The highest BCUT2D eigenvalue weighted by atomic mass is 16.5. The molecule has 9 nitrogen and oxygen atoms in total. The fourth-order valence-corrected chi connectivity index (χ4v) is 4.13. The fourth-order valence-electron chi connectivity index (χ4n) is 4.13. The lowest BCUT2D eigenvalue weighted by atomic mass is 10.0. The zero-order valence-electron chi connectivity index (χ0n) is 21.6. The van der Waals surface area contributed by atoms with Crippen LogP contribution >= 0.6 is 0 Å². The van der Waals surface area contributed by atoms with Crippen molar-refractivity contribution in [1.82, 2.24) is 4.90 Å². The van der Waals surface area contributed by atoms with Crippen molar-refractivity contribution in [3.05, 3.63) is 58.3 Å². The van der Waals surface area contributed by atoms with Crippen LogP contribution in [0.1, 0.15) is 18.1 Å². The van der Waals surface area contributed by atoms with Gasteiger partial charge in [0, 0.05) is 12.2 Å². The van der Waals surface area contributed by atoms with E-state index in [2.05, 4.69) is 0 Å². The molecule has 1 aliphatic rings. The average molecular weight is 498 g/mol. The fraction of sp³-hybridized carbons (Fsp3) is 0.333. The topological polar surface area (TPSA) is 92.8 Å². The summed E-state index contributed by atoms with van der Waals surface area (Å²) >= 11 is 0. The maximum Gasteiger partial charge on any atom is 0.340 e. The van der Waals surface area contributed by atoms with Crippen LogP contribution in [0.25, 0.3) is 6.08 Å². The molecule has 1 amide bonds. The van der Waals surface area contributed by atoms with Crippen molar-refractivity contribution in [3.8, 4) is 28.7 Å². The minimum Gasteiger partial charge on any atom is -0.493 e. The standard InChI is InChI=1S/C27H31NO8/c1-16-24(27(30)36-7)19(12-18-14-22(33-4)25(35-6)23(15-18)34-5)26(29)28(16)11-10-17-8-9-20(31-2)21(13-17)32-3/h8-9,12-15H,10-11H2,1-7H3/b19-12-. The second-order valence-electron chi connectivity index (χ2n) is 7.86. The van der Waals surface area contributed by atoms with Crippen LogP contribution in [0.3, 0.4) is 0 Å². The predicted molar refractivity (Wildman–Crippen MR) is 134 cm³/mol. The predicted octanol–water partition coefficient (Wildman–Crippen LogP) is 3.64. The number of ether oxygens (including phenoxy) is 6. The van der Waals surface area contributed by atoms with E-state index < -0.39 is 5.97 Å². The van der Waals surface area contributed by atoms with Gasteiger partial charge >= 0.3 is 5.97 Å². The van der Waals surface area contributed by atoms with Crippen molar-refractivity contribution in [2.45, 2.75) is 13.3 Å². The zero-order chi connectivity index (χ0) is 26.4. The Bertz CT molecular complexity index is 1190. The van der Waals surface area contributed by atoms with Gasteiger partial charge in [0.25, 0.3) is 5.91 Å². The third-order valence-corrected chi connectivity index (χ3v) is 5.97.